The first kappa shape index (κ1) is 10.7. The Kier molecular flexibility index (Phi) is 3.40. The molecule has 1 aliphatic carbocycles. The molecule has 0 unspecified atom stereocenters. The molecule has 0 N–H and O–H groups in total. The molecule has 15 heavy (non-hydrogen) atoms. The first-order valence-electron chi connectivity index (χ1n) is 6.19. The Morgan fingerprint density at radius 3 is 1.80 bits per heavy atom. The molecule has 1 aromatic heterocycles. The van der Waals surface area contributed by atoms with E-state index in [-0.39, 0.29) is 0 Å². The van der Waals surface area contributed by atoms with E-state index in [4.69, 9.17) is 4.42 Å². The van der Waals surface area contributed by atoms with Crippen LogP contribution in [0.1, 0.15) is 54.8 Å². The highest BCUT2D eigenvalue weighted by Crippen LogP contribution is 2.22. The van der Waals surface area contributed by atoms with Crippen LogP contribution in [0.3, 0.4) is 0 Å². The molecule has 1 nitrogen and oxygen atoms in total. The second kappa shape index (κ2) is 4.78. The van der Waals surface area contributed by atoms with Crippen LogP contribution in [0.25, 0.3) is 0 Å². The van der Waals surface area contributed by atoms with Crippen molar-refractivity contribution >= 4 is 0 Å². The Morgan fingerprint density at radius 1 is 0.800 bits per heavy atom. The van der Waals surface area contributed by atoms with Crippen molar-refractivity contribution in [1.82, 2.24) is 0 Å². The third-order valence-electron chi connectivity index (χ3n) is 3.45. The molecule has 1 aromatic rings. The molecule has 1 heteroatoms. The first-order chi connectivity index (χ1) is 7.27. The average Bonchev–Trinajstić information content (AvgIpc) is 2.23. The first-order valence-corrected chi connectivity index (χ1v) is 6.19. The summed E-state index contributed by atoms with van der Waals surface area (Å²) in [5.41, 5.74) is 2.86. The Bertz CT molecular complexity index is 312. The second-order valence-electron chi connectivity index (χ2n) is 4.68. The van der Waals surface area contributed by atoms with Crippen molar-refractivity contribution in [2.45, 2.75) is 58.8 Å². The van der Waals surface area contributed by atoms with E-state index in [2.05, 4.69) is 19.9 Å². The Hall–Kier alpha value is -0.850. The topological polar surface area (TPSA) is 11.3 Å². The van der Waals surface area contributed by atoms with Crippen LogP contribution in [-0.4, -0.2) is 0 Å². The fourth-order valence-corrected chi connectivity index (χ4v) is 2.43. The van der Waals surface area contributed by atoms with Crippen molar-refractivity contribution in [1.29, 1.82) is 0 Å². The van der Waals surface area contributed by atoms with Crippen molar-refractivity contribution in [3.05, 3.63) is 28.7 Å². The van der Waals surface area contributed by atoms with Crippen LogP contribution in [0.4, 0.5) is 0 Å². The van der Waals surface area contributed by atoms with E-state index in [0.29, 0.717) is 0 Å². The summed E-state index contributed by atoms with van der Waals surface area (Å²) < 4.78 is 5.81. The summed E-state index contributed by atoms with van der Waals surface area (Å²) in [5, 5.41) is 0. The predicted molar refractivity (Wildman–Crippen MR) is 63.1 cm³/mol. The summed E-state index contributed by atoms with van der Waals surface area (Å²) in [4.78, 5) is 0. The van der Waals surface area contributed by atoms with Crippen molar-refractivity contribution in [3.63, 3.8) is 0 Å². The van der Waals surface area contributed by atoms with E-state index >= 15 is 0 Å². The molecule has 82 valence electrons. The highest BCUT2D eigenvalue weighted by molar-refractivity contribution is 5.27. The smallest absolute Gasteiger partial charge is 0.218 e. The van der Waals surface area contributed by atoms with Crippen molar-refractivity contribution < 1.29 is 4.42 Å². The maximum absolute atomic E-state index is 5.81. The van der Waals surface area contributed by atoms with E-state index in [0.717, 1.165) is 11.5 Å². The molecule has 2 bridgehead atoms. The van der Waals surface area contributed by atoms with Gasteiger partial charge in [0.1, 0.15) is 0 Å². The molecular weight excluding hydrogens is 184 g/mol. The van der Waals surface area contributed by atoms with Gasteiger partial charge in [-0.05, 0) is 31.7 Å². The molecule has 0 spiro atoms. The molecule has 0 aromatic carbocycles. The summed E-state index contributed by atoms with van der Waals surface area (Å²) in [6.07, 6.45) is 9.19. The molecule has 0 amide bonds. The molecule has 0 aliphatic heterocycles. The largest absolute Gasteiger partial charge is 0.329 e. The minimum atomic E-state index is 1.12. The summed E-state index contributed by atoms with van der Waals surface area (Å²) in [6.45, 7) is 4.19. The summed E-state index contributed by atoms with van der Waals surface area (Å²) in [7, 11) is 0. The SMILES string of the molecule is Cc1[o+]c(C)c2cc1CCCCCCC2. The number of aryl methyl sites for hydroxylation is 4. The maximum Gasteiger partial charge on any atom is 0.329 e. The van der Waals surface area contributed by atoms with Gasteiger partial charge in [0, 0.05) is 0 Å². The lowest BCUT2D eigenvalue weighted by molar-refractivity contribution is 0.462. The van der Waals surface area contributed by atoms with Crippen LogP contribution in [0.5, 0.6) is 0 Å². The van der Waals surface area contributed by atoms with Gasteiger partial charge in [-0.15, -0.1) is 0 Å². The average molecular weight is 205 g/mol. The number of hydrogen-bond donors (Lipinski definition) is 0. The third kappa shape index (κ3) is 2.58. The second-order valence-corrected chi connectivity index (χ2v) is 4.68. The normalized spacial score (nSPS) is 17.5. The van der Waals surface area contributed by atoms with Gasteiger partial charge in [0.2, 0.25) is 0 Å². The van der Waals surface area contributed by atoms with Crippen molar-refractivity contribution in [2.24, 2.45) is 0 Å². The molecule has 0 radical (unpaired) electrons. The van der Waals surface area contributed by atoms with Crippen molar-refractivity contribution in [3.8, 4) is 0 Å². The number of hydrogen-bond acceptors (Lipinski definition) is 0. The molecule has 1 heterocycles. The van der Waals surface area contributed by atoms with Gasteiger partial charge in [0.15, 0.2) is 0 Å². The summed E-state index contributed by atoms with van der Waals surface area (Å²) in [5.74, 6) is 2.24. The van der Waals surface area contributed by atoms with Crippen LogP contribution in [-0.2, 0) is 12.8 Å². The van der Waals surface area contributed by atoms with Gasteiger partial charge < -0.3 is 0 Å². The van der Waals surface area contributed by atoms with Gasteiger partial charge in [0.05, 0.1) is 25.0 Å². The minimum absolute atomic E-state index is 1.12. The fourth-order valence-electron chi connectivity index (χ4n) is 2.43. The Balaban J connectivity index is 2.30. The zero-order chi connectivity index (χ0) is 10.7. The summed E-state index contributed by atoms with van der Waals surface area (Å²) in [6, 6.07) is 2.37. The lowest BCUT2D eigenvalue weighted by Crippen LogP contribution is -1.99. The summed E-state index contributed by atoms with van der Waals surface area (Å²) >= 11 is 0. The number of rotatable bonds is 0. The number of fused-ring (bicyclic) bond motifs is 2. The van der Waals surface area contributed by atoms with E-state index in [1.54, 1.807) is 0 Å². The Morgan fingerprint density at radius 2 is 1.27 bits per heavy atom. The van der Waals surface area contributed by atoms with E-state index < -0.39 is 0 Å². The molecule has 2 rings (SSSR count). The fraction of sp³-hybridized carbons (Fsp3) is 0.643. The van der Waals surface area contributed by atoms with Gasteiger partial charge in [-0.1, -0.05) is 19.3 Å². The maximum atomic E-state index is 5.81. The van der Waals surface area contributed by atoms with Gasteiger partial charge >= 0.3 is 11.5 Å². The molecule has 0 saturated carbocycles. The van der Waals surface area contributed by atoms with E-state index in [9.17, 15) is 0 Å². The molecule has 0 fully saturated rings. The van der Waals surface area contributed by atoms with Crippen LogP contribution >= 0.6 is 0 Å². The molecule has 0 saturated heterocycles. The zero-order valence-corrected chi connectivity index (χ0v) is 9.94. The van der Waals surface area contributed by atoms with Gasteiger partial charge in [-0.3, -0.25) is 0 Å². The van der Waals surface area contributed by atoms with Crippen LogP contribution in [0.2, 0.25) is 0 Å². The molecular formula is C14H21O+. The van der Waals surface area contributed by atoms with Gasteiger partial charge in [-0.25, -0.2) is 4.42 Å². The van der Waals surface area contributed by atoms with Crippen LogP contribution < -0.4 is 0 Å². The zero-order valence-electron chi connectivity index (χ0n) is 9.94. The third-order valence-corrected chi connectivity index (χ3v) is 3.45. The van der Waals surface area contributed by atoms with Gasteiger partial charge in [-0.2, -0.15) is 0 Å². The molecule has 1 aliphatic rings. The lowest BCUT2D eigenvalue weighted by Gasteiger charge is -2.07. The van der Waals surface area contributed by atoms with Crippen molar-refractivity contribution in [2.75, 3.05) is 0 Å². The Labute approximate surface area is 92.5 Å². The predicted octanol–water partition coefficient (Wildman–Crippen LogP) is 4.23. The minimum Gasteiger partial charge on any atom is -0.218 e. The molecule has 0 atom stereocenters. The van der Waals surface area contributed by atoms with Crippen LogP contribution in [0, 0.1) is 13.8 Å². The van der Waals surface area contributed by atoms with Crippen LogP contribution in [0.15, 0.2) is 10.5 Å². The van der Waals surface area contributed by atoms with E-state index in [1.165, 1.54) is 56.1 Å². The highest BCUT2D eigenvalue weighted by atomic mass is 16.3. The quantitative estimate of drug-likeness (QED) is 0.577. The monoisotopic (exact) mass is 205 g/mol. The standard InChI is InChI=1S/C14H21O/c1-11-13-8-6-4-3-5-7-9-14(10-13)12(2)15-11/h10H,3-9H2,1-2H3/q+1. The van der Waals surface area contributed by atoms with Gasteiger partial charge in [0.25, 0.3) is 0 Å². The van der Waals surface area contributed by atoms with E-state index in [1.807, 2.05) is 0 Å². The lowest BCUT2D eigenvalue weighted by atomic mass is 9.97. The highest BCUT2D eigenvalue weighted by Gasteiger charge is 2.17.